The van der Waals surface area contributed by atoms with Crippen LogP contribution in [0.15, 0.2) is 34.3 Å². The van der Waals surface area contributed by atoms with Gasteiger partial charge in [0.1, 0.15) is 5.82 Å². The molecule has 0 saturated carbocycles. The van der Waals surface area contributed by atoms with Crippen LogP contribution in [0.25, 0.3) is 0 Å². The molecule has 1 aromatic carbocycles. The third-order valence-corrected chi connectivity index (χ3v) is 7.33. The maximum atomic E-state index is 13.4. The highest BCUT2D eigenvalue weighted by Crippen LogP contribution is 2.24. The Hall–Kier alpha value is -2.55. The minimum Gasteiger partial charge on any atom is -0.369 e. The van der Waals surface area contributed by atoms with Crippen LogP contribution >= 0.6 is 0 Å². The molecule has 4 aliphatic rings. The monoisotopic (exact) mass is 502 g/mol. The van der Waals surface area contributed by atoms with Crippen molar-refractivity contribution in [2.45, 2.75) is 42.9 Å². The van der Waals surface area contributed by atoms with E-state index in [4.69, 9.17) is 38.7 Å². The second kappa shape index (κ2) is 10.1. The molecule has 3 fully saturated rings. The maximum absolute atomic E-state index is 13.4. The van der Waals surface area contributed by atoms with E-state index in [1.54, 1.807) is 12.1 Å². The molecule has 198 valence electrons. The number of aliphatic imine (C=N–C) groups is 2. The van der Waals surface area contributed by atoms with Gasteiger partial charge in [-0.2, -0.15) is 9.98 Å². The average molecular weight is 503 g/mol. The molecule has 0 aliphatic carbocycles. The highest BCUT2D eigenvalue weighted by Gasteiger charge is 2.41. The van der Waals surface area contributed by atoms with E-state index in [0.29, 0.717) is 64.3 Å². The lowest BCUT2D eigenvalue weighted by atomic mass is 10.0. The van der Waals surface area contributed by atoms with Crippen LogP contribution in [-0.2, 0) is 0 Å². The first kappa shape index (κ1) is 25.1. The van der Waals surface area contributed by atoms with Crippen LogP contribution in [0.1, 0.15) is 12.8 Å². The quantitative estimate of drug-likeness (QED) is 0.254. The summed E-state index contributed by atoms with van der Waals surface area (Å²) in [5, 5.41) is 3.39. The number of anilines is 1. The fourth-order valence-electron chi connectivity index (χ4n) is 5.58. The van der Waals surface area contributed by atoms with E-state index in [1.165, 1.54) is 12.1 Å². The molecule has 0 bridgehead atoms. The van der Waals surface area contributed by atoms with Crippen LogP contribution in [0.2, 0.25) is 0 Å². The van der Waals surface area contributed by atoms with Crippen molar-refractivity contribution in [3.8, 4) is 0 Å². The molecule has 11 N–H and O–H groups in total. The predicted molar refractivity (Wildman–Crippen MR) is 139 cm³/mol. The van der Waals surface area contributed by atoms with Crippen LogP contribution in [-0.4, -0.2) is 109 Å². The second-order valence-corrected chi connectivity index (χ2v) is 10.5. The highest BCUT2D eigenvalue weighted by atomic mass is 19.1. The molecule has 4 atom stereocenters. The molecule has 5 rings (SSSR count). The van der Waals surface area contributed by atoms with Crippen molar-refractivity contribution in [3.63, 3.8) is 0 Å². The molecule has 1 aromatic rings. The predicted octanol–water partition coefficient (Wildman–Crippen LogP) is -2.45. The van der Waals surface area contributed by atoms with Gasteiger partial charge in [0.05, 0.1) is 0 Å². The average Bonchev–Trinajstić information content (AvgIpc) is 2.83. The van der Waals surface area contributed by atoms with Gasteiger partial charge in [-0.3, -0.25) is 11.1 Å². The summed E-state index contributed by atoms with van der Waals surface area (Å²) in [7, 11) is 0. The Morgan fingerprint density at radius 1 is 0.722 bits per heavy atom. The number of piperidine rings is 2. The second-order valence-electron chi connectivity index (χ2n) is 10.5. The van der Waals surface area contributed by atoms with E-state index < -0.39 is 5.91 Å². The Labute approximate surface area is 211 Å². The van der Waals surface area contributed by atoms with Gasteiger partial charge in [-0.1, -0.05) is 0 Å². The molecule has 0 radical (unpaired) electrons. The van der Waals surface area contributed by atoms with Crippen LogP contribution in [0.5, 0.6) is 0 Å². The minimum absolute atomic E-state index is 0.0520. The van der Waals surface area contributed by atoms with Gasteiger partial charge in [0.2, 0.25) is 11.9 Å². The number of halogens is 1. The molecular weight excluding hydrogens is 463 g/mol. The van der Waals surface area contributed by atoms with Crippen molar-refractivity contribution >= 4 is 17.6 Å². The first-order chi connectivity index (χ1) is 17.2. The normalized spacial score (nSPS) is 31.6. The summed E-state index contributed by atoms with van der Waals surface area (Å²) in [6.07, 6.45) is 1.53. The topological polar surface area (TPSA) is 180 Å². The van der Waals surface area contributed by atoms with Gasteiger partial charge < -0.3 is 37.6 Å². The number of rotatable bonds is 2. The summed E-state index contributed by atoms with van der Waals surface area (Å²) in [4.78, 5) is 18.2. The number of guanidine groups is 2. The third kappa shape index (κ3) is 5.41. The summed E-state index contributed by atoms with van der Waals surface area (Å²) < 4.78 is 13.4. The van der Waals surface area contributed by atoms with E-state index >= 15 is 0 Å². The fraction of sp³-hybridized carbons (Fsp3) is 0.652. The van der Waals surface area contributed by atoms with Gasteiger partial charge in [-0.05, 0) is 37.1 Å². The molecule has 0 unspecified atom stereocenters. The molecule has 0 aromatic heterocycles. The zero-order chi connectivity index (χ0) is 25.4. The fourth-order valence-corrected chi connectivity index (χ4v) is 5.58. The van der Waals surface area contributed by atoms with Crippen molar-refractivity contribution in [3.05, 3.63) is 30.1 Å². The number of nitrogens with one attached hydrogen (secondary N) is 1. The lowest BCUT2D eigenvalue weighted by molar-refractivity contribution is 0.0929. The molecule has 0 amide bonds. The van der Waals surface area contributed by atoms with Crippen LogP contribution in [0.4, 0.5) is 10.1 Å². The van der Waals surface area contributed by atoms with Gasteiger partial charge in [-0.25, -0.2) is 9.29 Å². The number of hydrogen-bond donors (Lipinski definition) is 6. The molecule has 0 spiro atoms. The maximum Gasteiger partial charge on any atom is 0.271 e. The van der Waals surface area contributed by atoms with Crippen LogP contribution in [0, 0.1) is 5.82 Å². The first-order valence-corrected chi connectivity index (χ1v) is 12.7. The lowest BCUT2D eigenvalue weighted by Crippen LogP contribution is -2.68. The zero-order valence-corrected chi connectivity index (χ0v) is 20.6. The van der Waals surface area contributed by atoms with E-state index in [9.17, 15) is 4.39 Å². The Balaban J connectivity index is 1.39. The van der Waals surface area contributed by atoms with Crippen molar-refractivity contribution < 1.29 is 4.39 Å². The van der Waals surface area contributed by atoms with Crippen molar-refractivity contribution in [1.29, 1.82) is 0 Å². The van der Waals surface area contributed by atoms with Gasteiger partial charge in [0.25, 0.3) is 5.91 Å². The van der Waals surface area contributed by atoms with Crippen molar-refractivity contribution in [1.82, 2.24) is 20.0 Å². The Morgan fingerprint density at radius 2 is 1.17 bits per heavy atom. The zero-order valence-electron chi connectivity index (χ0n) is 20.6. The van der Waals surface area contributed by atoms with Gasteiger partial charge in [0, 0.05) is 82.2 Å². The summed E-state index contributed by atoms with van der Waals surface area (Å²) >= 11 is 0. The summed E-state index contributed by atoms with van der Waals surface area (Å²) in [5.41, 5.74) is 33.0. The molecule has 4 aliphatic heterocycles. The number of piperazine rings is 1. The van der Waals surface area contributed by atoms with E-state index in [2.05, 4.69) is 24.9 Å². The largest absolute Gasteiger partial charge is 0.369 e. The van der Waals surface area contributed by atoms with Crippen molar-refractivity contribution in [2.24, 2.45) is 38.7 Å². The van der Waals surface area contributed by atoms with Crippen molar-refractivity contribution in [2.75, 3.05) is 57.3 Å². The highest BCUT2D eigenvalue weighted by molar-refractivity contribution is 6.00. The molecule has 13 heteroatoms. The number of nitrogens with two attached hydrogens (primary N) is 5. The molecule has 4 heterocycles. The third-order valence-electron chi connectivity index (χ3n) is 7.33. The summed E-state index contributed by atoms with van der Waals surface area (Å²) in [6.45, 7) is 5.21. The standard InChI is InChI=1S/C23H39FN12/c24-15-1-3-20(4-2-15)33-5-7-36(8-6-33)23(29)31-21(34-11-16(25)9-17(26)12-34)30-22(32-23)35-13-18(27)10-19(28)14-35/h1-4,16-19H,5-14,25-29H2,(H,30,31,32)/t16-,17+,18-,19+. The molecule has 36 heavy (non-hydrogen) atoms. The Bertz CT molecular complexity index is 914. The van der Waals surface area contributed by atoms with E-state index in [-0.39, 0.29) is 30.0 Å². The van der Waals surface area contributed by atoms with Crippen LogP contribution in [0.3, 0.4) is 0 Å². The SMILES string of the molecule is N[C@@H]1C[C@H](N)CN(C2=NC(N)(N3CCN(c4ccc(F)cc4)CC3)N=C(N3C[C@H](N)C[C@H](N)C3)N2)C1. The smallest absolute Gasteiger partial charge is 0.271 e. The van der Waals surface area contributed by atoms with Crippen LogP contribution < -0.4 is 38.9 Å². The summed E-state index contributed by atoms with van der Waals surface area (Å²) in [6, 6.07) is 6.35. The number of benzene rings is 1. The van der Waals surface area contributed by atoms with E-state index in [1.807, 2.05) is 0 Å². The van der Waals surface area contributed by atoms with Gasteiger partial charge in [0.15, 0.2) is 0 Å². The Kier molecular flexibility index (Phi) is 7.03. The van der Waals surface area contributed by atoms with E-state index in [0.717, 1.165) is 18.5 Å². The number of hydrogen-bond acceptors (Lipinski definition) is 12. The molecular formula is C23H39FN12. The lowest BCUT2D eigenvalue weighted by Gasteiger charge is -2.47. The first-order valence-electron chi connectivity index (χ1n) is 12.7. The Morgan fingerprint density at radius 3 is 1.61 bits per heavy atom. The minimum atomic E-state index is -1.30. The molecule has 12 nitrogen and oxygen atoms in total. The number of likely N-dealkylation sites (tertiary alicyclic amines) is 2. The van der Waals surface area contributed by atoms with Gasteiger partial charge in [-0.15, -0.1) is 0 Å². The number of nitrogens with zero attached hydrogens (tertiary/aromatic N) is 6. The van der Waals surface area contributed by atoms with Gasteiger partial charge >= 0.3 is 0 Å². The molecule has 3 saturated heterocycles. The summed E-state index contributed by atoms with van der Waals surface area (Å²) in [5.74, 6) is -0.322.